The van der Waals surface area contributed by atoms with Crippen LogP contribution in [0.2, 0.25) is 0 Å². The highest BCUT2D eigenvalue weighted by Gasteiger charge is 2.07. The van der Waals surface area contributed by atoms with Gasteiger partial charge in [0.2, 0.25) is 0 Å². The van der Waals surface area contributed by atoms with Crippen LogP contribution in [0.25, 0.3) is 0 Å². The van der Waals surface area contributed by atoms with Crippen molar-refractivity contribution in [3.8, 4) is 11.5 Å². The maximum atomic E-state index is 5.24. The van der Waals surface area contributed by atoms with E-state index in [1.54, 1.807) is 14.2 Å². The molecular weight excluding hydrogens is 279 g/mol. The summed E-state index contributed by atoms with van der Waals surface area (Å²) >= 11 is 2.29. The van der Waals surface area contributed by atoms with Crippen molar-refractivity contribution in [2.24, 2.45) is 0 Å². The van der Waals surface area contributed by atoms with E-state index in [2.05, 4.69) is 29.5 Å². The number of benzene rings is 1. The first-order valence-electron chi connectivity index (χ1n) is 4.13. The number of ether oxygens (including phenoxy) is 2. The zero-order valence-corrected chi connectivity index (χ0v) is 10.2. The minimum Gasteiger partial charge on any atom is -0.497 e. The molecule has 0 radical (unpaired) electrons. The molecule has 2 nitrogen and oxygen atoms in total. The van der Waals surface area contributed by atoms with Crippen molar-refractivity contribution < 1.29 is 9.47 Å². The minimum absolute atomic E-state index is 0.856. The number of hydrogen-bond acceptors (Lipinski definition) is 2. The molecule has 0 N–H and O–H groups in total. The van der Waals surface area contributed by atoms with E-state index < -0.39 is 0 Å². The first kappa shape index (κ1) is 10.6. The van der Waals surface area contributed by atoms with Gasteiger partial charge in [0.1, 0.15) is 11.5 Å². The number of aryl methyl sites for hydroxylation is 1. The quantitative estimate of drug-likeness (QED) is 0.798. The van der Waals surface area contributed by atoms with Gasteiger partial charge in [0.25, 0.3) is 0 Å². The largest absolute Gasteiger partial charge is 0.497 e. The Morgan fingerprint density at radius 2 is 1.92 bits per heavy atom. The fourth-order valence-electron chi connectivity index (χ4n) is 1.15. The van der Waals surface area contributed by atoms with E-state index in [-0.39, 0.29) is 0 Å². The second kappa shape index (κ2) is 4.69. The molecule has 72 valence electrons. The highest BCUT2D eigenvalue weighted by molar-refractivity contribution is 14.1. The normalized spacial score (nSPS) is 9.85. The lowest BCUT2D eigenvalue weighted by molar-refractivity contribution is 0.391. The van der Waals surface area contributed by atoms with Crippen LogP contribution in [0.3, 0.4) is 0 Å². The molecule has 0 amide bonds. The molecule has 0 spiro atoms. The first-order valence-corrected chi connectivity index (χ1v) is 5.21. The lowest BCUT2D eigenvalue weighted by atomic mass is 10.1. The van der Waals surface area contributed by atoms with Crippen LogP contribution in [-0.4, -0.2) is 14.2 Å². The molecule has 0 bridgehead atoms. The van der Waals surface area contributed by atoms with Gasteiger partial charge in [0.05, 0.1) is 17.8 Å². The van der Waals surface area contributed by atoms with E-state index in [0.717, 1.165) is 17.9 Å². The fraction of sp³-hybridized carbons (Fsp3) is 0.400. The number of hydrogen-bond donors (Lipinski definition) is 0. The van der Waals surface area contributed by atoms with Gasteiger partial charge in [-0.2, -0.15) is 0 Å². The Bertz CT molecular complexity index is 272. The highest BCUT2D eigenvalue weighted by Crippen LogP contribution is 2.30. The van der Waals surface area contributed by atoms with E-state index in [1.807, 2.05) is 12.1 Å². The Balaban J connectivity index is 3.20. The second-order valence-corrected chi connectivity index (χ2v) is 3.74. The zero-order valence-electron chi connectivity index (χ0n) is 8.06. The molecule has 0 aliphatic rings. The Kier molecular flexibility index (Phi) is 3.84. The van der Waals surface area contributed by atoms with Crippen molar-refractivity contribution in [2.75, 3.05) is 14.2 Å². The van der Waals surface area contributed by atoms with Crippen LogP contribution in [0.1, 0.15) is 12.5 Å². The molecule has 13 heavy (non-hydrogen) atoms. The average Bonchev–Trinajstić information content (AvgIpc) is 2.18. The van der Waals surface area contributed by atoms with Gasteiger partial charge in [-0.1, -0.05) is 6.92 Å². The van der Waals surface area contributed by atoms with Crippen molar-refractivity contribution >= 4 is 22.6 Å². The van der Waals surface area contributed by atoms with Crippen molar-refractivity contribution in [3.05, 3.63) is 21.3 Å². The summed E-state index contributed by atoms with van der Waals surface area (Å²) in [5.74, 6) is 1.74. The number of halogens is 1. The molecule has 1 rings (SSSR count). The third kappa shape index (κ3) is 2.27. The lowest BCUT2D eigenvalue weighted by Gasteiger charge is -2.10. The fourth-order valence-corrected chi connectivity index (χ4v) is 2.06. The lowest BCUT2D eigenvalue weighted by Crippen LogP contribution is -1.94. The molecule has 0 aliphatic carbocycles. The van der Waals surface area contributed by atoms with Crippen LogP contribution in [0.5, 0.6) is 11.5 Å². The van der Waals surface area contributed by atoms with Crippen molar-refractivity contribution in [1.29, 1.82) is 0 Å². The van der Waals surface area contributed by atoms with Gasteiger partial charge in [-0.25, -0.2) is 0 Å². The monoisotopic (exact) mass is 292 g/mol. The van der Waals surface area contributed by atoms with Gasteiger partial charge in [-0.15, -0.1) is 0 Å². The van der Waals surface area contributed by atoms with Crippen LogP contribution in [0.4, 0.5) is 0 Å². The molecule has 1 aromatic carbocycles. The minimum atomic E-state index is 0.856. The summed E-state index contributed by atoms with van der Waals surface area (Å²) in [5.41, 5.74) is 1.26. The first-order chi connectivity index (χ1) is 6.22. The average molecular weight is 292 g/mol. The Morgan fingerprint density at radius 3 is 2.38 bits per heavy atom. The van der Waals surface area contributed by atoms with Gasteiger partial charge in [-0.05, 0) is 40.6 Å². The van der Waals surface area contributed by atoms with E-state index in [9.17, 15) is 0 Å². The van der Waals surface area contributed by atoms with Crippen LogP contribution in [0, 0.1) is 3.57 Å². The predicted molar refractivity (Wildman–Crippen MR) is 61.6 cm³/mol. The topological polar surface area (TPSA) is 18.5 Å². The summed E-state index contributed by atoms with van der Waals surface area (Å²) in [4.78, 5) is 0. The molecular formula is C10H13IO2. The van der Waals surface area contributed by atoms with Gasteiger partial charge < -0.3 is 9.47 Å². The van der Waals surface area contributed by atoms with Crippen LogP contribution in [-0.2, 0) is 6.42 Å². The molecule has 1 aromatic rings. The predicted octanol–water partition coefficient (Wildman–Crippen LogP) is 2.87. The van der Waals surface area contributed by atoms with Crippen molar-refractivity contribution in [3.63, 3.8) is 0 Å². The Morgan fingerprint density at radius 1 is 1.23 bits per heavy atom. The molecule has 0 aliphatic heterocycles. The molecule has 0 saturated heterocycles. The van der Waals surface area contributed by atoms with Crippen LogP contribution in [0.15, 0.2) is 12.1 Å². The molecule has 0 atom stereocenters. The zero-order chi connectivity index (χ0) is 9.84. The molecule has 0 aromatic heterocycles. The van der Waals surface area contributed by atoms with E-state index >= 15 is 0 Å². The summed E-state index contributed by atoms with van der Waals surface area (Å²) in [5, 5.41) is 0. The SMILES string of the molecule is CCc1cc(OC)cc(OC)c1I. The molecule has 3 heteroatoms. The molecule has 0 saturated carbocycles. The van der Waals surface area contributed by atoms with Gasteiger partial charge in [-0.3, -0.25) is 0 Å². The summed E-state index contributed by atoms with van der Waals surface area (Å²) in [6.45, 7) is 2.12. The highest BCUT2D eigenvalue weighted by atomic mass is 127. The van der Waals surface area contributed by atoms with Gasteiger partial charge in [0, 0.05) is 6.07 Å². The summed E-state index contributed by atoms with van der Waals surface area (Å²) < 4.78 is 11.6. The second-order valence-electron chi connectivity index (χ2n) is 2.66. The molecule has 0 fully saturated rings. The summed E-state index contributed by atoms with van der Waals surface area (Å²) in [6, 6.07) is 3.95. The third-order valence-electron chi connectivity index (χ3n) is 1.92. The summed E-state index contributed by atoms with van der Waals surface area (Å²) in [6.07, 6.45) is 0.992. The molecule has 0 unspecified atom stereocenters. The van der Waals surface area contributed by atoms with E-state index in [1.165, 1.54) is 9.13 Å². The van der Waals surface area contributed by atoms with E-state index in [0.29, 0.717) is 0 Å². The van der Waals surface area contributed by atoms with Crippen LogP contribution < -0.4 is 9.47 Å². The number of methoxy groups -OCH3 is 2. The number of rotatable bonds is 3. The van der Waals surface area contributed by atoms with Crippen LogP contribution >= 0.6 is 22.6 Å². The summed E-state index contributed by atoms with van der Waals surface area (Å²) in [7, 11) is 3.34. The smallest absolute Gasteiger partial charge is 0.136 e. The standard InChI is InChI=1S/C10H13IO2/c1-4-7-5-8(12-2)6-9(13-3)10(7)11/h5-6H,4H2,1-3H3. The van der Waals surface area contributed by atoms with Gasteiger partial charge in [0.15, 0.2) is 0 Å². The Labute approximate surface area is 92.4 Å². The maximum absolute atomic E-state index is 5.24. The maximum Gasteiger partial charge on any atom is 0.136 e. The van der Waals surface area contributed by atoms with E-state index in [4.69, 9.17) is 9.47 Å². The molecule has 0 heterocycles. The van der Waals surface area contributed by atoms with Crippen molar-refractivity contribution in [1.82, 2.24) is 0 Å². The Hall–Kier alpha value is -0.450. The van der Waals surface area contributed by atoms with Gasteiger partial charge >= 0.3 is 0 Å². The third-order valence-corrected chi connectivity index (χ3v) is 3.15. The van der Waals surface area contributed by atoms with Crippen molar-refractivity contribution in [2.45, 2.75) is 13.3 Å².